The van der Waals surface area contributed by atoms with E-state index in [2.05, 4.69) is 55.4 Å². The molecule has 3 heterocycles. The molecule has 2 aliphatic rings. The van der Waals surface area contributed by atoms with Crippen LogP contribution in [0, 0.1) is 11.8 Å². The third-order valence-electron chi connectivity index (χ3n) is 10.3. The summed E-state index contributed by atoms with van der Waals surface area (Å²) >= 11 is 0. The molecule has 4 rings (SSSR count). The molecule has 286 valence electrons. The number of hydrogen-bond donors (Lipinski definition) is 1. The molecule has 0 amide bonds. The van der Waals surface area contributed by atoms with E-state index in [1.54, 1.807) is 13.8 Å². The molecule has 5 atom stereocenters. The molecule has 0 spiro atoms. The summed E-state index contributed by atoms with van der Waals surface area (Å²) in [6.07, 6.45) is -3.33. The predicted octanol–water partition coefficient (Wildman–Crippen LogP) is 5.78. The monoisotopic (exact) mass is 748 g/mol. The first-order valence-electron chi connectivity index (χ1n) is 18.4. The van der Waals surface area contributed by atoms with Crippen LogP contribution in [0.5, 0.6) is 0 Å². The summed E-state index contributed by atoms with van der Waals surface area (Å²) in [4.78, 5) is 41.1. The van der Waals surface area contributed by atoms with E-state index < -0.39 is 76.3 Å². The quantitative estimate of drug-likeness (QED) is 0.199. The van der Waals surface area contributed by atoms with Gasteiger partial charge in [-0.15, -0.1) is 0 Å². The Morgan fingerprint density at radius 1 is 0.902 bits per heavy atom. The number of aromatic nitrogens is 2. The number of fused-ring (bicyclic) bond motifs is 1. The normalized spacial score (nSPS) is 25.4. The second-order valence-electron chi connectivity index (χ2n) is 15.9. The van der Waals surface area contributed by atoms with Crippen LogP contribution in [-0.4, -0.2) is 68.4 Å². The largest absolute Gasteiger partial charge is 0.457 e. The van der Waals surface area contributed by atoms with Crippen molar-refractivity contribution in [1.29, 1.82) is 0 Å². The van der Waals surface area contributed by atoms with E-state index in [0.29, 0.717) is 0 Å². The number of esters is 1. The van der Waals surface area contributed by atoms with Gasteiger partial charge in [0.05, 0.1) is 19.1 Å². The van der Waals surface area contributed by atoms with Gasteiger partial charge in [0.2, 0.25) is 5.72 Å². The van der Waals surface area contributed by atoms with Crippen LogP contribution in [0.1, 0.15) is 88.6 Å². The summed E-state index contributed by atoms with van der Waals surface area (Å²) in [5, 5.41) is 12.7. The van der Waals surface area contributed by atoms with Crippen molar-refractivity contribution < 1.29 is 37.1 Å². The Hall–Kier alpha value is -2.44. The maximum absolute atomic E-state index is 14.5. The first-order chi connectivity index (χ1) is 23.9. The van der Waals surface area contributed by atoms with Gasteiger partial charge in [-0.25, -0.2) is 9.36 Å². The van der Waals surface area contributed by atoms with Gasteiger partial charge in [0.1, 0.15) is 25.0 Å². The summed E-state index contributed by atoms with van der Waals surface area (Å²) in [5.74, 6) is -1.49. The van der Waals surface area contributed by atoms with Crippen molar-refractivity contribution in [2.45, 2.75) is 149 Å². The summed E-state index contributed by atoms with van der Waals surface area (Å²) in [7, 11) is -6.23. The van der Waals surface area contributed by atoms with E-state index in [-0.39, 0.29) is 42.1 Å². The third-order valence-corrected chi connectivity index (χ3v) is 20.5. The second-order valence-corrected chi connectivity index (χ2v) is 24.7. The van der Waals surface area contributed by atoms with Crippen molar-refractivity contribution in [3.63, 3.8) is 0 Å². The fraction of sp³-hybridized carbons (Fsp3) is 0.703. The van der Waals surface area contributed by atoms with Gasteiger partial charge in [-0.2, -0.15) is 0 Å². The topological polar surface area (TPSA) is 137 Å². The summed E-state index contributed by atoms with van der Waals surface area (Å²) < 4.78 is 42.6. The molecule has 2 fully saturated rings. The lowest BCUT2D eigenvalue weighted by Crippen LogP contribution is -2.66. The zero-order chi connectivity index (χ0) is 38.1. The van der Waals surface area contributed by atoms with E-state index in [4.69, 9.17) is 27.2 Å². The molecule has 0 radical (unpaired) electrons. The van der Waals surface area contributed by atoms with Gasteiger partial charge < -0.3 is 32.3 Å². The number of carbonyl (C=O) groups is 1. The maximum atomic E-state index is 14.5. The highest BCUT2D eigenvalue weighted by Gasteiger charge is 2.68. The van der Waals surface area contributed by atoms with Crippen LogP contribution in [0.2, 0.25) is 22.2 Å². The molecular formula is C37H60N2O10Si2. The number of ether oxygens (including phenoxy) is 3. The third kappa shape index (κ3) is 7.79. The molecule has 0 aliphatic carbocycles. The van der Waals surface area contributed by atoms with Crippen LogP contribution < -0.4 is 11.2 Å². The predicted molar refractivity (Wildman–Crippen MR) is 198 cm³/mol. The SMILES string of the molecule is CC(C)C(=O)O[C@@H](C(C)C)[C@@]1(n2ccc(=O)n(COCc3ccccc3)c2=O)O[C@@H]2CO[Si](C(C)C)(C(C)C)O[Si](C(C)C)(C(C)C)O[C@H]2[C@@H]1O. The van der Waals surface area contributed by atoms with Crippen LogP contribution in [0.25, 0.3) is 0 Å². The second kappa shape index (κ2) is 16.3. The Labute approximate surface area is 304 Å². The molecule has 14 heteroatoms. The van der Waals surface area contributed by atoms with Gasteiger partial charge in [0.25, 0.3) is 5.56 Å². The zero-order valence-corrected chi connectivity index (χ0v) is 34.5. The van der Waals surface area contributed by atoms with Crippen molar-refractivity contribution in [3.8, 4) is 0 Å². The summed E-state index contributed by atoms with van der Waals surface area (Å²) in [6, 6.07) is 10.6. The Morgan fingerprint density at radius 3 is 2.02 bits per heavy atom. The molecule has 0 bridgehead atoms. The number of hydrogen-bond acceptors (Lipinski definition) is 10. The Kier molecular flexibility index (Phi) is 13.2. The molecule has 51 heavy (non-hydrogen) atoms. The van der Waals surface area contributed by atoms with Crippen molar-refractivity contribution >= 4 is 23.1 Å². The highest BCUT2D eigenvalue weighted by Crippen LogP contribution is 2.51. The Bertz CT molecular complexity index is 1580. The van der Waals surface area contributed by atoms with E-state index >= 15 is 0 Å². The lowest BCUT2D eigenvalue weighted by molar-refractivity contribution is -0.234. The highest BCUT2D eigenvalue weighted by atomic mass is 28.5. The van der Waals surface area contributed by atoms with E-state index in [1.807, 2.05) is 44.2 Å². The smallest absolute Gasteiger partial charge is 0.335 e. The summed E-state index contributed by atoms with van der Waals surface area (Å²) in [5.41, 5.74) is -2.49. The minimum Gasteiger partial charge on any atom is -0.457 e. The van der Waals surface area contributed by atoms with Crippen LogP contribution in [0.15, 0.2) is 52.2 Å². The average Bonchev–Trinajstić information content (AvgIpc) is 3.31. The fourth-order valence-corrected chi connectivity index (χ4v) is 18.7. The molecule has 1 aromatic carbocycles. The molecule has 1 N–H and O–H groups in total. The van der Waals surface area contributed by atoms with Crippen molar-refractivity contribution in [2.24, 2.45) is 11.8 Å². The lowest BCUT2D eigenvalue weighted by atomic mass is 9.89. The van der Waals surface area contributed by atoms with Crippen LogP contribution >= 0.6 is 0 Å². The number of benzene rings is 1. The lowest BCUT2D eigenvalue weighted by Gasteiger charge is -2.51. The van der Waals surface area contributed by atoms with E-state index in [9.17, 15) is 19.5 Å². The minimum atomic E-state index is -3.24. The Balaban J connectivity index is 1.94. The van der Waals surface area contributed by atoms with Gasteiger partial charge in [-0.05, 0) is 33.6 Å². The molecule has 2 aliphatic heterocycles. The fourth-order valence-electron chi connectivity index (χ4n) is 7.49. The first-order valence-corrected chi connectivity index (χ1v) is 22.3. The highest BCUT2D eigenvalue weighted by molar-refractivity contribution is 6.84. The number of carbonyl (C=O) groups excluding carboxylic acids is 1. The van der Waals surface area contributed by atoms with Crippen molar-refractivity contribution in [2.75, 3.05) is 6.61 Å². The van der Waals surface area contributed by atoms with Gasteiger partial charge in [0, 0.05) is 12.3 Å². The molecule has 1 aromatic heterocycles. The van der Waals surface area contributed by atoms with Gasteiger partial charge in [-0.1, -0.05) is 113 Å². The molecule has 0 unspecified atom stereocenters. The van der Waals surface area contributed by atoms with Crippen molar-refractivity contribution in [1.82, 2.24) is 9.13 Å². The average molecular weight is 749 g/mol. The molecule has 12 nitrogen and oxygen atoms in total. The molecule has 0 saturated carbocycles. The van der Waals surface area contributed by atoms with Crippen LogP contribution in [0.3, 0.4) is 0 Å². The van der Waals surface area contributed by atoms with Gasteiger partial charge >= 0.3 is 28.8 Å². The minimum absolute atomic E-state index is 0.0181. The number of aliphatic hydroxyl groups excluding tert-OH is 1. The number of nitrogens with zero attached hydrogens (tertiary/aromatic N) is 2. The summed E-state index contributed by atoms with van der Waals surface area (Å²) in [6.45, 7) is 23.7. The first kappa shape index (κ1) is 41.3. The standard InChI is InChI=1S/C37H60N2O10Si2/c1-23(2)34(46-35(42)24(3)4)37(39-19-18-31(40)38(36(39)43)22-44-20-29-16-14-13-15-17-29)33(41)32-30(47-37)21-45-50(25(5)6,26(7)8)49-51(48-32,27(9)10)28(11)12/h13-19,23-28,30,32-34,41H,20-22H2,1-12H3/t30-,32-,33+,34+,37+/m1/s1. The number of aliphatic hydroxyl groups is 1. The molecule has 2 aromatic rings. The Morgan fingerprint density at radius 2 is 1.49 bits per heavy atom. The number of rotatable bonds is 13. The van der Waals surface area contributed by atoms with Crippen LogP contribution in [-0.2, 0) is 51.0 Å². The van der Waals surface area contributed by atoms with Gasteiger partial charge in [0.15, 0.2) is 6.10 Å². The van der Waals surface area contributed by atoms with E-state index in [1.165, 1.54) is 16.8 Å². The zero-order valence-electron chi connectivity index (χ0n) is 32.5. The molecular weight excluding hydrogens is 689 g/mol. The molecule has 2 saturated heterocycles. The van der Waals surface area contributed by atoms with Gasteiger partial charge in [-0.3, -0.25) is 14.2 Å². The maximum Gasteiger partial charge on any atom is 0.335 e. The van der Waals surface area contributed by atoms with Crippen LogP contribution in [0.4, 0.5) is 0 Å². The van der Waals surface area contributed by atoms with Crippen molar-refractivity contribution in [3.05, 3.63) is 69.0 Å². The van der Waals surface area contributed by atoms with E-state index in [0.717, 1.165) is 10.1 Å².